The van der Waals surface area contributed by atoms with Crippen molar-refractivity contribution in [2.45, 2.75) is 51.4 Å². The van der Waals surface area contributed by atoms with Crippen LogP contribution in [0.25, 0.3) is 10.8 Å². The van der Waals surface area contributed by atoms with Gasteiger partial charge in [0.05, 0.1) is 5.56 Å². The van der Waals surface area contributed by atoms with E-state index in [0.717, 1.165) is 68.0 Å². The molecule has 0 bridgehead atoms. The van der Waals surface area contributed by atoms with Crippen molar-refractivity contribution in [1.29, 1.82) is 0 Å². The maximum Gasteiger partial charge on any atom is 0.225 e. The van der Waals surface area contributed by atoms with Crippen molar-refractivity contribution in [3.8, 4) is 11.8 Å². The Morgan fingerprint density at radius 1 is 1.21 bits per heavy atom. The molecule has 6 heteroatoms. The zero-order valence-corrected chi connectivity index (χ0v) is 20.4. The number of rotatable bonds is 5. The minimum absolute atomic E-state index is 0.122. The topological polar surface area (TPSA) is 62.5 Å². The maximum absolute atomic E-state index is 13.0. The van der Waals surface area contributed by atoms with E-state index in [0.29, 0.717) is 16.7 Å². The number of nitrogens with zero attached hydrogens (tertiary/aromatic N) is 3. The lowest BCUT2D eigenvalue weighted by atomic mass is 9.97. The molecule has 4 rings (SSSR count). The second kappa shape index (κ2) is 11.2. The molecule has 1 amide bonds. The van der Waals surface area contributed by atoms with Crippen LogP contribution in [0.1, 0.15) is 56.9 Å². The molecule has 1 saturated carbocycles. The molecule has 2 atom stereocenters. The molecule has 1 unspecified atom stereocenters. The number of halogens is 1. The lowest BCUT2D eigenvalue weighted by molar-refractivity contribution is -0.134. The number of amides is 1. The van der Waals surface area contributed by atoms with Crippen LogP contribution in [0.4, 0.5) is 5.82 Å². The van der Waals surface area contributed by atoms with Gasteiger partial charge < -0.3 is 15.5 Å². The molecular formula is C27H35ClN4O. The van der Waals surface area contributed by atoms with Crippen molar-refractivity contribution < 1.29 is 4.79 Å². The number of carbonyl (C=O) groups is 1. The summed E-state index contributed by atoms with van der Waals surface area (Å²) in [5.74, 6) is 7.89. The molecule has 33 heavy (non-hydrogen) atoms. The molecule has 0 spiro atoms. The number of anilines is 1. The number of pyridine rings is 1. The number of nitrogen functional groups attached to an aromatic ring is 1. The highest BCUT2D eigenvalue weighted by molar-refractivity contribution is 6.31. The minimum Gasteiger partial charge on any atom is -0.383 e. The third-order valence-electron chi connectivity index (χ3n) is 7.15. The van der Waals surface area contributed by atoms with E-state index in [4.69, 9.17) is 17.3 Å². The van der Waals surface area contributed by atoms with Crippen LogP contribution in [0.5, 0.6) is 0 Å². The van der Waals surface area contributed by atoms with Gasteiger partial charge in [-0.2, -0.15) is 0 Å². The Bertz CT molecular complexity index is 1030. The van der Waals surface area contributed by atoms with Crippen molar-refractivity contribution in [3.05, 3.63) is 35.0 Å². The van der Waals surface area contributed by atoms with E-state index in [2.05, 4.69) is 21.7 Å². The first-order valence-electron chi connectivity index (χ1n) is 12.3. The molecular weight excluding hydrogens is 432 g/mol. The number of fused-ring (bicyclic) bond motifs is 1. The lowest BCUT2D eigenvalue weighted by Crippen LogP contribution is -2.35. The Morgan fingerprint density at radius 3 is 2.85 bits per heavy atom. The Morgan fingerprint density at radius 2 is 2.03 bits per heavy atom. The number of nitrogens with two attached hydrogens (primary N) is 1. The Labute approximate surface area is 202 Å². The summed E-state index contributed by atoms with van der Waals surface area (Å²) in [6.45, 7) is 4.40. The standard InChI is InChI=1S/C27H35ClN4O/c1-31(14-5-17-32-15-2-3-16-32)27(33)21-7-4-6-20(8-10-21)9-13-24-25-18-23(28)12-11-22(25)19-30-26(24)29/h11-12,18-21H,2-8,10,14-17H2,1H3,(H2,29,30)/t20?,21-/m1/s1. The SMILES string of the molecule is CN(CCCN1CCCC1)C(=O)[C@@H]1CCCC(C#Cc2c(N)ncc3ccc(Cl)cc23)CC1. The molecule has 5 nitrogen and oxygen atoms in total. The van der Waals surface area contributed by atoms with Crippen molar-refractivity contribution in [3.63, 3.8) is 0 Å². The van der Waals surface area contributed by atoms with Gasteiger partial charge in [-0.15, -0.1) is 0 Å². The molecule has 0 radical (unpaired) electrons. The number of hydrogen-bond acceptors (Lipinski definition) is 4. The van der Waals surface area contributed by atoms with Crippen molar-refractivity contribution >= 4 is 34.1 Å². The predicted octanol–water partition coefficient (Wildman–Crippen LogP) is 4.96. The van der Waals surface area contributed by atoms with Gasteiger partial charge in [0.25, 0.3) is 0 Å². The van der Waals surface area contributed by atoms with Crippen LogP contribution in [-0.4, -0.2) is 53.9 Å². The Balaban J connectivity index is 1.34. The fourth-order valence-corrected chi connectivity index (χ4v) is 5.33. The van der Waals surface area contributed by atoms with Crippen molar-refractivity contribution in [1.82, 2.24) is 14.8 Å². The quantitative estimate of drug-likeness (QED) is 0.499. The van der Waals surface area contributed by atoms with Gasteiger partial charge in [0.2, 0.25) is 5.91 Å². The highest BCUT2D eigenvalue weighted by atomic mass is 35.5. The molecule has 1 aliphatic heterocycles. The van der Waals surface area contributed by atoms with Gasteiger partial charge in [-0.1, -0.05) is 35.9 Å². The third kappa shape index (κ3) is 6.19. The first-order valence-corrected chi connectivity index (χ1v) is 12.7. The summed E-state index contributed by atoms with van der Waals surface area (Å²) in [5, 5.41) is 2.59. The van der Waals surface area contributed by atoms with Crippen LogP contribution in [0.2, 0.25) is 5.02 Å². The van der Waals surface area contributed by atoms with Gasteiger partial charge in [-0.3, -0.25) is 4.79 Å². The number of benzene rings is 1. The second-order valence-electron chi connectivity index (χ2n) is 9.58. The van der Waals surface area contributed by atoms with E-state index in [1.54, 1.807) is 6.20 Å². The zero-order valence-electron chi connectivity index (χ0n) is 19.7. The fourth-order valence-electron chi connectivity index (χ4n) is 5.16. The summed E-state index contributed by atoms with van der Waals surface area (Å²) in [4.78, 5) is 21.8. The van der Waals surface area contributed by atoms with Gasteiger partial charge in [-0.25, -0.2) is 4.98 Å². The summed E-state index contributed by atoms with van der Waals surface area (Å²) in [7, 11) is 1.97. The van der Waals surface area contributed by atoms with Gasteiger partial charge in [-0.05, 0) is 76.7 Å². The molecule has 2 N–H and O–H groups in total. The molecule has 2 aromatic rings. The average molecular weight is 467 g/mol. The van der Waals surface area contributed by atoms with Gasteiger partial charge in [0.15, 0.2) is 0 Å². The van der Waals surface area contributed by atoms with Crippen LogP contribution in [-0.2, 0) is 4.79 Å². The predicted molar refractivity (Wildman–Crippen MR) is 136 cm³/mol. The van der Waals surface area contributed by atoms with E-state index in [9.17, 15) is 4.79 Å². The highest BCUT2D eigenvalue weighted by Crippen LogP contribution is 2.29. The smallest absolute Gasteiger partial charge is 0.225 e. The molecule has 1 aromatic carbocycles. The van der Waals surface area contributed by atoms with Crippen LogP contribution < -0.4 is 5.73 Å². The number of hydrogen-bond donors (Lipinski definition) is 1. The monoisotopic (exact) mass is 466 g/mol. The summed E-state index contributed by atoms with van der Waals surface area (Å²) < 4.78 is 0. The average Bonchev–Trinajstić information content (AvgIpc) is 3.21. The minimum atomic E-state index is 0.122. The molecule has 176 valence electrons. The fraction of sp³-hybridized carbons (Fsp3) is 0.556. The third-order valence-corrected chi connectivity index (χ3v) is 7.38. The van der Waals surface area contributed by atoms with Crippen molar-refractivity contribution in [2.75, 3.05) is 39.0 Å². The van der Waals surface area contributed by atoms with Crippen LogP contribution in [0.15, 0.2) is 24.4 Å². The molecule has 1 saturated heterocycles. The molecule has 1 aliphatic carbocycles. The van der Waals surface area contributed by atoms with Crippen LogP contribution in [0.3, 0.4) is 0 Å². The van der Waals surface area contributed by atoms with Crippen molar-refractivity contribution in [2.24, 2.45) is 11.8 Å². The van der Waals surface area contributed by atoms with E-state index in [-0.39, 0.29) is 11.8 Å². The van der Waals surface area contributed by atoms with Gasteiger partial charge in [0, 0.05) is 47.4 Å². The molecule has 1 aromatic heterocycles. The first-order chi connectivity index (χ1) is 16.0. The maximum atomic E-state index is 13.0. The summed E-state index contributed by atoms with van der Waals surface area (Å²) >= 11 is 6.20. The Hall–Kier alpha value is -2.29. The first kappa shape index (κ1) is 23.9. The lowest BCUT2D eigenvalue weighted by Gasteiger charge is -2.24. The largest absolute Gasteiger partial charge is 0.383 e. The van der Waals surface area contributed by atoms with Gasteiger partial charge >= 0.3 is 0 Å². The van der Waals surface area contributed by atoms with Crippen LogP contribution >= 0.6 is 11.6 Å². The van der Waals surface area contributed by atoms with E-state index < -0.39 is 0 Å². The van der Waals surface area contributed by atoms with E-state index >= 15 is 0 Å². The molecule has 2 fully saturated rings. The summed E-state index contributed by atoms with van der Waals surface area (Å²) in [6.07, 6.45) is 10.3. The van der Waals surface area contributed by atoms with E-state index in [1.807, 2.05) is 30.1 Å². The summed E-state index contributed by atoms with van der Waals surface area (Å²) in [6, 6.07) is 5.70. The summed E-state index contributed by atoms with van der Waals surface area (Å²) in [5.41, 5.74) is 6.90. The second-order valence-corrected chi connectivity index (χ2v) is 10.0. The highest BCUT2D eigenvalue weighted by Gasteiger charge is 2.26. The molecule has 2 heterocycles. The zero-order chi connectivity index (χ0) is 23.2. The Kier molecular flexibility index (Phi) is 8.11. The molecule has 2 aliphatic rings. The van der Waals surface area contributed by atoms with Crippen LogP contribution in [0, 0.1) is 23.7 Å². The normalized spacial score (nSPS) is 21.4. The number of likely N-dealkylation sites (tertiary alicyclic amines) is 1. The van der Waals surface area contributed by atoms with E-state index in [1.165, 1.54) is 25.9 Å². The van der Waals surface area contributed by atoms with Gasteiger partial charge in [0.1, 0.15) is 5.82 Å². The number of carbonyl (C=O) groups excluding carboxylic acids is 1. The number of aromatic nitrogens is 1.